The van der Waals surface area contributed by atoms with Crippen LogP contribution in [0.25, 0.3) is 0 Å². The number of ether oxygens (including phenoxy) is 1. The lowest BCUT2D eigenvalue weighted by atomic mass is 10.2. The van der Waals surface area contributed by atoms with Crippen LogP contribution in [0, 0.1) is 0 Å². The molecule has 0 fully saturated rings. The Kier molecular flexibility index (Phi) is 6.91. The highest BCUT2D eigenvalue weighted by Crippen LogP contribution is 2.22. The summed E-state index contributed by atoms with van der Waals surface area (Å²) < 4.78 is 4.86. The molecule has 21 heavy (non-hydrogen) atoms. The van der Waals surface area contributed by atoms with E-state index in [0.29, 0.717) is 22.9 Å². The second-order valence-corrected chi connectivity index (χ2v) is 5.38. The number of halogens is 1. The van der Waals surface area contributed by atoms with Crippen molar-refractivity contribution in [1.29, 1.82) is 0 Å². The van der Waals surface area contributed by atoms with E-state index in [1.807, 2.05) is 0 Å². The first-order chi connectivity index (χ1) is 9.85. The molecule has 0 spiro atoms. The largest absolute Gasteiger partial charge is 0.397 e. The van der Waals surface area contributed by atoms with Crippen molar-refractivity contribution in [3.05, 3.63) is 23.2 Å². The molecule has 0 aliphatic carbocycles. The normalized spacial score (nSPS) is 14.0. The number of nitrogen functional groups attached to an aromatic ring is 1. The van der Waals surface area contributed by atoms with Gasteiger partial charge in [0.15, 0.2) is 0 Å². The van der Waals surface area contributed by atoms with Gasteiger partial charge in [-0.15, -0.1) is 0 Å². The molecule has 0 aromatic heterocycles. The van der Waals surface area contributed by atoms with Gasteiger partial charge in [-0.1, -0.05) is 11.6 Å². The van der Waals surface area contributed by atoms with Gasteiger partial charge < -0.3 is 20.9 Å². The van der Waals surface area contributed by atoms with Gasteiger partial charge in [0.2, 0.25) is 5.91 Å². The van der Waals surface area contributed by atoms with Crippen LogP contribution in [0.5, 0.6) is 0 Å². The van der Waals surface area contributed by atoms with E-state index in [9.17, 15) is 9.90 Å². The van der Waals surface area contributed by atoms with Crippen LogP contribution in [-0.2, 0) is 9.53 Å². The number of hydrogen-bond acceptors (Lipinski definition) is 5. The lowest BCUT2D eigenvalue weighted by molar-refractivity contribution is -0.120. The lowest BCUT2D eigenvalue weighted by Gasteiger charge is -2.26. The van der Waals surface area contributed by atoms with E-state index in [-0.39, 0.29) is 12.5 Å². The second kappa shape index (κ2) is 8.19. The summed E-state index contributed by atoms with van der Waals surface area (Å²) >= 11 is 5.81. The molecule has 0 radical (unpaired) electrons. The molecule has 4 N–H and O–H groups in total. The van der Waals surface area contributed by atoms with E-state index < -0.39 is 12.1 Å². The highest BCUT2D eigenvalue weighted by atomic mass is 35.5. The van der Waals surface area contributed by atoms with Gasteiger partial charge >= 0.3 is 0 Å². The molecule has 0 heterocycles. The van der Waals surface area contributed by atoms with Gasteiger partial charge in [-0.05, 0) is 32.2 Å². The summed E-state index contributed by atoms with van der Waals surface area (Å²) in [4.78, 5) is 13.9. The minimum Gasteiger partial charge on any atom is -0.397 e. The molecule has 0 aliphatic rings. The van der Waals surface area contributed by atoms with E-state index in [1.54, 1.807) is 37.1 Å². The van der Waals surface area contributed by atoms with Crippen LogP contribution in [0.1, 0.15) is 6.92 Å². The zero-order chi connectivity index (χ0) is 16.0. The standard InChI is InChI=1S/C14H22ClN3O3/c1-9(18(2)7-11(19)8-21-3)14(20)17-13-5-4-10(15)6-12(13)16/h4-6,9,11,19H,7-8,16H2,1-3H3,(H,17,20). The Balaban J connectivity index is 2.61. The number of aliphatic hydroxyl groups excluding tert-OH is 1. The molecule has 6 nitrogen and oxygen atoms in total. The van der Waals surface area contributed by atoms with Gasteiger partial charge in [0.05, 0.1) is 30.1 Å². The Hall–Kier alpha value is -1.34. The van der Waals surface area contributed by atoms with Crippen LogP contribution >= 0.6 is 11.6 Å². The molecular formula is C14H22ClN3O3. The average molecular weight is 316 g/mol. The van der Waals surface area contributed by atoms with Crippen LogP contribution in [0.15, 0.2) is 18.2 Å². The van der Waals surface area contributed by atoms with Crippen molar-refractivity contribution in [2.75, 3.05) is 38.4 Å². The van der Waals surface area contributed by atoms with Crippen molar-refractivity contribution in [2.24, 2.45) is 0 Å². The Morgan fingerprint density at radius 3 is 2.81 bits per heavy atom. The number of amides is 1. The van der Waals surface area contributed by atoms with Crippen molar-refractivity contribution in [3.8, 4) is 0 Å². The summed E-state index contributed by atoms with van der Waals surface area (Å²) in [7, 11) is 3.27. The maximum absolute atomic E-state index is 12.2. The van der Waals surface area contributed by atoms with Crippen molar-refractivity contribution >= 4 is 28.9 Å². The van der Waals surface area contributed by atoms with Crippen molar-refractivity contribution in [1.82, 2.24) is 4.90 Å². The molecule has 1 rings (SSSR count). The molecular weight excluding hydrogens is 294 g/mol. The summed E-state index contributed by atoms with van der Waals surface area (Å²) in [6.07, 6.45) is -0.643. The number of aliphatic hydroxyl groups is 1. The molecule has 1 aromatic carbocycles. The van der Waals surface area contributed by atoms with Gasteiger partial charge in [-0.2, -0.15) is 0 Å². The topological polar surface area (TPSA) is 87.8 Å². The van der Waals surface area contributed by atoms with Gasteiger partial charge in [-0.25, -0.2) is 0 Å². The number of likely N-dealkylation sites (N-methyl/N-ethyl adjacent to an activating group) is 1. The first-order valence-corrected chi connectivity index (χ1v) is 6.96. The third kappa shape index (κ3) is 5.51. The summed E-state index contributed by atoms with van der Waals surface area (Å²) in [6, 6.07) is 4.46. The number of carbonyl (C=O) groups is 1. The van der Waals surface area contributed by atoms with Crippen molar-refractivity contribution < 1.29 is 14.6 Å². The van der Waals surface area contributed by atoms with Crippen LogP contribution in [0.3, 0.4) is 0 Å². The van der Waals surface area contributed by atoms with Crippen LogP contribution in [0.2, 0.25) is 5.02 Å². The van der Waals surface area contributed by atoms with Gasteiger partial charge in [0.1, 0.15) is 0 Å². The number of carbonyl (C=O) groups excluding carboxylic acids is 1. The minimum atomic E-state index is -0.643. The molecule has 1 aromatic rings. The molecule has 0 saturated carbocycles. The fourth-order valence-corrected chi connectivity index (χ4v) is 2.00. The second-order valence-electron chi connectivity index (χ2n) is 4.95. The Morgan fingerprint density at radius 2 is 2.24 bits per heavy atom. The third-order valence-corrected chi connectivity index (χ3v) is 3.40. The SMILES string of the molecule is COCC(O)CN(C)C(C)C(=O)Nc1ccc(Cl)cc1N. The van der Waals surface area contributed by atoms with Crippen LogP contribution in [0.4, 0.5) is 11.4 Å². The molecule has 1 amide bonds. The summed E-state index contributed by atoms with van der Waals surface area (Å²) in [5.74, 6) is -0.212. The fraction of sp³-hybridized carbons (Fsp3) is 0.500. The molecule has 0 aliphatic heterocycles. The molecule has 0 saturated heterocycles. The zero-order valence-electron chi connectivity index (χ0n) is 12.5. The number of benzene rings is 1. The van der Waals surface area contributed by atoms with Gasteiger partial charge in [0.25, 0.3) is 0 Å². The average Bonchev–Trinajstić information content (AvgIpc) is 2.41. The Bertz CT molecular complexity index is 485. The van der Waals surface area contributed by atoms with Crippen LogP contribution in [-0.4, -0.2) is 55.4 Å². The summed E-state index contributed by atoms with van der Waals surface area (Å²) in [5, 5.41) is 12.9. The van der Waals surface area contributed by atoms with E-state index in [1.165, 1.54) is 7.11 Å². The number of methoxy groups -OCH3 is 1. The van der Waals surface area contributed by atoms with Gasteiger partial charge in [-0.3, -0.25) is 9.69 Å². The number of nitrogens with two attached hydrogens (primary N) is 1. The molecule has 7 heteroatoms. The number of rotatable bonds is 7. The lowest BCUT2D eigenvalue weighted by Crippen LogP contribution is -2.44. The van der Waals surface area contributed by atoms with Crippen molar-refractivity contribution in [2.45, 2.75) is 19.1 Å². The number of anilines is 2. The van der Waals surface area contributed by atoms with Crippen molar-refractivity contribution in [3.63, 3.8) is 0 Å². The molecule has 2 unspecified atom stereocenters. The first-order valence-electron chi connectivity index (χ1n) is 6.58. The van der Waals surface area contributed by atoms with E-state index in [2.05, 4.69) is 5.32 Å². The van der Waals surface area contributed by atoms with Crippen LogP contribution < -0.4 is 11.1 Å². The van der Waals surface area contributed by atoms with E-state index >= 15 is 0 Å². The number of hydrogen-bond donors (Lipinski definition) is 3. The first kappa shape index (κ1) is 17.7. The smallest absolute Gasteiger partial charge is 0.241 e. The zero-order valence-corrected chi connectivity index (χ0v) is 13.2. The third-order valence-electron chi connectivity index (χ3n) is 3.17. The fourth-order valence-electron chi connectivity index (χ4n) is 1.82. The monoisotopic (exact) mass is 315 g/mol. The quantitative estimate of drug-likeness (QED) is 0.658. The summed E-state index contributed by atoms with van der Waals surface area (Å²) in [5.41, 5.74) is 6.72. The van der Waals surface area contributed by atoms with E-state index in [4.69, 9.17) is 22.1 Å². The number of nitrogens with one attached hydrogen (secondary N) is 1. The van der Waals surface area contributed by atoms with E-state index in [0.717, 1.165) is 0 Å². The maximum atomic E-state index is 12.2. The molecule has 0 bridgehead atoms. The molecule has 118 valence electrons. The van der Waals surface area contributed by atoms with Gasteiger partial charge in [0, 0.05) is 18.7 Å². The minimum absolute atomic E-state index is 0.212. The maximum Gasteiger partial charge on any atom is 0.241 e. The Morgan fingerprint density at radius 1 is 1.57 bits per heavy atom. The molecule has 2 atom stereocenters. The summed E-state index contributed by atoms with van der Waals surface area (Å²) in [6.45, 7) is 2.31. The highest BCUT2D eigenvalue weighted by Gasteiger charge is 2.21. The predicted molar refractivity (Wildman–Crippen MR) is 84.5 cm³/mol. The predicted octanol–water partition coefficient (Wildman–Crippen LogP) is 1.19. The Labute approximate surface area is 129 Å². The number of nitrogens with zero attached hydrogens (tertiary/aromatic N) is 1. The highest BCUT2D eigenvalue weighted by molar-refractivity contribution is 6.31.